The Morgan fingerprint density at radius 1 is 1.33 bits per heavy atom. The van der Waals surface area contributed by atoms with Gasteiger partial charge in [0.1, 0.15) is 0 Å². The third-order valence-electron chi connectivity index (χ3n) is 2.76. The number of hydrogen-bond donors (Lipinski definition) is 0. The molecule has 1 aliphatic rings. The average Bonchev–Trinajstić information content (AvgIpc) is 2.27. The van der Waals surface area contributed by atoms with Gasteiger partial charge in [-0.2, -0.15) is 5.26 Å². The summed E-state index contributed by atoms with van der Waals surface area (Å²) in [4.78, 5) is 15.7. The van der Waals surface area contributed by atoms with E-state index < -0.39 is 0 Å². The number of hydrogen-bond acceptors (Lipinski definition) is 3. The van der Waals surface area contributed by atoms with E-state index >= 15 is 0 Å². The fourth-order valence-electron chi connectivity index (χ4n) is 1.74. The highest BCUT2D eigenvalue weighted by Crippen LogP contribution is 2.05. The lowest BCUT2D eigenvalue weighted by molar-refractivity contribution is -0.132. The molecule has 0 aromatic rings. The minimum absolute atomic E-state index is 0.272. The van der Waals surface area contributed by atoms with Crippen molar-refractivity contribution in [2.75, 3.05) is 32.7 Å². The molecule has 0 atom stereocenters. The number of carbonyl (C=O) groups excluding carboxylic acids is 1. The predicted molar refractivity (Wildman–Crippen MR) is 58.2 cm³/mol. The highest BCUT2D eigenvalue weighted by atomic mass is 16.2. The first kappa shape index (κ1) is 12.0. The van der Waals surface area contributed by atoms with Gasteiger partial charge in [0.25, 0.3) is 0 Å². The maximum absolute atomic E-state index is 11.7. The fourth-order valence-corrected chi connectivity index (χ4v) is 1.74. The first-order valence-electron chi connectivity index (χ1n) is 5.65. The lowest BCUT2D eigenvalue weighted by Gasteiger charge is -2.33. The Balaban J connectivity index is 2.25. The largest absolute Gasteiger partial charge is 0.340 e. The number of amides is 1. The summed E-state index contributed by atoms with van der Waals surface area (Å²) in [6.45, 7) is 5.82. The molecule has 4 nitrogen and oxygen atoms in total. The molecule has 1 aliphatic heterocycles. The van der Waals surface area contributed by atoms with Gasteiger partial charge in [0.15, 0.2) is 0 Å². The Hall–Kier alpha value is -1.08. The molecular weight excluding hydrogens is 190 g/mol. The molecule has 0 radical (unpaired) electrons. The van der Waals surface area contributed by atoms with Gasteiger partial charge in [0, 0.05) is 32.6 Å². The van der Waals surface area contributed by atoms with Gasteiger partial charge in [-0.25, -0.2) is 0 Å². The summed E-state index contributed by atoms with van der Waals surface area (Å²) in [7, 11) is 0. The van der Waals surface area contributed by atoms with Crippen LogP contribution in [0.15, 0.2) is 0 Å². The van der Waals surface area contributed by atoms with E-state index in [4.69, 9.17) is 5.26 Å². The van der Waals surface area contributed by atoms with Crippen LogP contribution in [0.1, 0.15) is 26.2 Å². The number of unbranched alkanes of at least 4 members (excludes halogenated alkanes) is 1. The van der Waals surface area contributed by atoms with Crippen LogP contribution in [0.5, 0.6) is 0 Å². The van der Waals surface area contributed by atoms with E-state index in [9.17, 15) is 4.79 Å². The molecule has 0 aliphatic carbocycles. The van der Waals surface area contributed by atoms with Gasteiger partial charge in [-0.15, -0.1) is 0 Å². The van der Waals surface area contributed by atoms with Crippen molar-refractivity contribution in [3.05, 3.63) is 0 Å². The molecule has 15 heavy (non-hydrogen) atoms. The second-order valence-electron chi connectivity index (χ2n) is 3.92. The Labute approximate surface area is 91.5 Å². The van der Waals surface area contributed by atoms with Gasteiger partial charge in [0.05, 0.1) is 12.6 Å². The standard InChI is InChI=1S/C11H19N3O/c1-2-3-4-11(15)14-9-7-13(6-5-12)8-10-14/h2-4,6-10H2,1H3. The number of nitriles is 1. The second kappa shape index (κ2) is 6.41. The van der Waals surface area contributed by atoms with E-state index in [1.54, 1.807) is 0 Å². The predicted octanol–water partition coefficient (Wildman–Crippen LogP) is 0.844. The van der Waals surface area contributed by atoms with Crippen molar-refractivity contribution in [1.82, 2.24) is 9.80 Å². The molecule has 0 unspecified atom stereocenters. The molecule has 1 heterocycles. The molecule has 0 aromatic heterocycles. The van der Waals surface area contributed by atoms with Crippen molar-refractivity contribution >= 4 is 5.91 Å². The SMILES string of the molecule is CCCCC(=O)N1CCN(CC#N)CC1. The summed E-state index contributed by atoms with van der Waals surface area (Å²) in [6.07, 6.45) is 2.73. The topological polar surface area (TPSA) is 47.3 Å². The van der Waals surface area contributed by atoms with Gasteiger partial charge in [-0.05, 0) is 6.42 Å². The molecule has 4 heteroatoms. The summed E-state index contributed by atoms with van der Waals surface area (Å²) in [6, 6.07) is 2.14. The molecule has 0 bridgehead atoms. The van der Waals surface area contributed by atoms with Crippen molar-refractivity contribution in [1.29, 1.82) is 5.26 Å². The summed E-state index contributed by atoms with van der Waals surface area (Å²) >= 11 is 0. The maximum Gasteiger partial charge on any atom is 0.222 e. The zero-order valence-electron chi connectivity index (χ0n) is 9.41. The molecule has 1 fully saturated rings. The molecule has 1 saturated heterocycles. The zero-order chi connectivity index (χ0) is 11.1. The van der Waals surface area contributed by atoms with Crippen LogP contribution in [-0.2, 0) is 4.79 Å². The van der Waals surface area contributed by atoms with Crippen LogP contribution in [-0.4, -0.2) is 48.4 Å². The number of rotatable bonds is 4. The van der Waals surface area contributed by atoms with E-state index in [0.29, 0.717) is 13.0 Å². The summed E-state index contributed by atoms with van der Waals surface area (Å²) in [5.74, 6) is 0.272. The normalized spacial score (nSPS) is 17.5. The van der Waals surface area contributed by atoms with Crippen molar-refractivity contribution < 1.29 is 4.79 Å². The van der Waals surface area contributed by atoms with Crippen LogP contribution in [0.3, 0.4) is 0 Å². The monoisotopic (exact) mass is 209 g/mol. The molecule has 0 N–H and O–H groups in total. The van der Waals surface area contributed by atoms with Crippen LogP contribution in [0, 0.1) is 11.3 Å². The lowest BCUT2D eigenvalue weighted by atomic mass is 10.2. The zero-order valence-corrected chi connectivity index (χ0v) is 9.41. The van der Waals surface area contributed by atoms with Gasteiger partial charge >= 0.3 is 0 Å². The van der Waals surface area contributed by atoms with Crippen LogP contribution in [0.2, 0.25) is 0 Å². The second-order valence-corrected chi connectivity index (χ2v) is 3.92. The van der Waals surface area contributed by atoms with Gasteiger partial charge in [-0.1, -0.05) is 13.3 Å². The molecular formula is C11H19N3O. The van der Waals surface area contributed by atoms with E-state index in [2.05, 4.69) is 17.9 Å². The number of nitrogens with zero attached hydrogens (tertiary/aromatic N) is 3. The van der Waals surface area contributed by atoms with Crippen molar-refractivity contribution in [3.63, 3.8) is 0 Å². The van der Waals surface area contributed by atoms with Gasteiger partial charge < -0.3 is 4.90 Å². The lowest BCUT2D eigenvalue weighted by Crippen LogP contribution is -2.48. The molecule has 1 amide bonds. The van der Waals surface area contributed by atoms with Gasteiger partial charge in [-0.3, -0.25) is 9.69 Å². The maximum atomic E-state index is 11.7. The molecule has 0 saturated carbocycles. The van der Waals surface area contributed by atoms with E-state index in [1.165, 1.54) is 0 Å². The smallest absolute Gasteiger partial charge is 0.222 e. The average molecular weight is 209 g/mol. The first-order chi connectivity index (χ1) is 7.27. The molecule has 0 aromatic carbocycles. The molecule has 0 spiro atoms. The third-order valence-corrected chi connectivity index (χ3v) is 2.76. The van der Waals surface area contributed by atoms with Crippen LogP contribution in [0.4, 0.5) is 0 Å². The first-order valence-corrected chi connectivity index (χ1v) is 5.65. The number of carbonyl (C=O) groups is 1. The molecule has 1 rings (SSSR count). The van der Waals surface area contributed by atoms with Crippen molar-refractivity contribution in [2.45, 2.75) is 26.2 Å². The van der Waals surface area contributed by atoms with Crippen LogP contribution >= 0.6 is 0 Å². The third kappa shape index (κ3) is 3.88. The fraction of sp³-hybridized carbons (Fsp3) is 0.818. The Bertz CT molecular complexity index is 239. The van der Waals surface area contributed by atoms with E-state index in [1.807, 2.05) is 4.90 Å². The highest BCUT2D eigenvalue weighted by molar-refractivity contribution is 5.76. The summed E-state index contributed by atoms with van der Waals surface area (Å²) in [5.41, 5.74) is 0. The Morgan fingerprint density at radius 3 is 2.53 bits per heavy atom. The van der Waals surface area contributed by atoms with Gasteiger partial charge in [0.2, 0.25) is 5.91 Å². The van der Waals surface area contributed by atoms with Crippen molar-refractivity contribution in [2.24, 2.45) is 0 Å². The molecule has 84 valence electrons. The minimum Gasteiger partial charge on any atom is -0.340 e. The number of piperazine rings is 1. The highest BCUT2D eigenvalue weighted by Gasteiger charge is 2.19. The van der Waals surface area contributed by atoms with E-state index in [-0.39, 0.29) is 5.91 Å². The Kier molecular flexibility index (Phi) is 5.13. The van der Waals surface area contributed by atoms with Crippen molar-refractivity contribution in [3.8, 4) is 6.07 Å². The van der Waals surface area contributed by atoms with Crippen LogP contribution < -0.4 is 0 Å². The summed E-state index contributed by atoms with van der Waals surface area (Å²) < 4.78 is 0. The van der Waals surface area contributed by atoms with E-state index in [0.717, 1.165) is 39.0 Å². The Morgan fingerprint density at radius 2 is 2.00 bits per heavy atom. The summed E-state index contributed by atoms with van der Waals surface area (Å²) in [5, 5.41) is 8.54. The minimum atomic E-state index is 0.272. The quantitative estimate of drug-likeness (QED) is 0.645. The van der Waals surface area contributed by atoms with Crippen LogP contribution in [0.25, 0.3) is 0 Å².